The minimum Gasteiger partial charge on any atom is -0.495 e. The maximum Gasteiger partial charge on any atom is 0.416 e. The zero-order valence-corrected chi connectivity index (χ0v) is 20.3. The maximum absolute atomic E-state index is 13.1. The lowest BCUT2D eigenvalue weighted by molar-refractivity contribution is -0.137. The molecule has 0 saturated carbocycles. The molecule has 11 heteroatoms. The number of hydrogen-bond donors (Lipinski definition) is 3. The first kappa shape index (κ1) is 27.0. The summed E-state index contributed by atoms with van der Waals surface area (Å²) in [4.78, 5) is 24.9. The van der Waals surface area contributed by atoms with Crippen molar-refractivity contribution >= 4 is 29.0 Å². The van der Waals surface area contributed by atoms with E-state index in [0.717, 1.165) is 18.2 Å². The number of halogens is 4. The molecule has 0 aromatic heterocycles. The number of benzene rings is 4. The summed E-state index contributed by atoms with van der Waals surface area (Å²) in [5.74, 6) is 0.0140. The monoisotopic (exact) mass is 539 g/mol. The van der Waals surface area contributed by atoms with Gasteiger partial charge in [0.2, 0.25) is 0 Å². The second kappa shape index (κ2) is 11.5. The normalized spacial score (nSPS) is 10.9. The summed E-state index contributed by atoms with van der Waals surface area (Å²) >= 11 is 0. The molecule has 200 valence electrons. The quantitative estimate of drug-likeness (QED) is 0.212. The lowest BCUT2D eigenvalue weighted by Gasteiger charge is -2.14. The summed E-state index contributed by atoms with van der Waals surface area (Å²) in [6, 6.07) is 19.9. The highest BCUT2D eigenvalue weighted by Crippen LogP contribution is 2.35. The Bertz CT molecular complexity index is 1470. The lowest BCUT2D eigenvalue weighted by Crippen LogP contribution is -2.20. The molecule has 0 heterocycles. The Kier molecular flexibility index (Phi) is 7.99. The zero-order chi connectivity index (χ0) is 28.0. The Balaban J connectivity index is 1.37. The summed E-state index contributed by atoms with van der Waals surface area (Å²) < 4.78 is 63.0. The molecule has 0 aliphatic heterocycles. The summed E-state index contributed by atoms with van der Waals surface area (Å²) in [6.45, 7) is 0. The minimum absolute atomic E-state index is 0.0653. The Hall–Kier alpha value is -5.06. The molecule has 3 amide bonds. The van der Waals surface area contributed by atoms with E-state index in [4.69, 9.17) is 9.47 Å². The van der Waals surface area contributed by atoms with Crippen molar-refractivity contribution in [2.75, 3.05) is 23.1 Å². The molecule has 0 spiro atoms. The van der Waals surface area contributed by atoms with E-state index in [9.17, 15) is 27.2 Å². The van der Waals surface area contributed by atoms with Gasteiger partial charge < -0.3 is 25.4 Å². The van der Waals surface area contributed by atoms with Crippen molar-refractivity contribution in [3.05, 3.63) is 108 Å². The first-order chi connectivity index (χ1) is 18.6. The van der Waals surface area contributed by atoms with E-state index in [-0.39, 0.29) is 11.4 Å². The van der Waals surface area contributed by atoms with E-state index in [1.807, 2.05) is 0 Å². The maximum atomic E-state index is 13.1. The van der Waals surface area contributed by atoms with Gasteiger partial charge in [-0.2, -0.15) is 13.2 Å². The minimum atomic E-state index is -4.58. The molecule has 4 aromatic rings. The van der Waals surface area contributed by atoms with Crippen molar-refractivity contribution in [1.29, 1.82) is 0 Å². The largest absolute Gasteiger partial charge is 0.495 e. The summed E-state index contributed by atoms with van der Waals surface area (Å²) in [5.41, 5.74) is 0.0200. The number of methoxy groups -OCH3 is 1. The molecule has 0 atom stereocenters. The van der Waals surface area contributed by atoms with Crippen LogP contribution in [0, 0.1) is 5.82 Å². The highest BCUT2D eigenvalue weighted by atomic mass is 19.4. The number of nitrogens with one attached hydrogen (secondary N) is 3. The van der Waals surface area contributed by atoms with Crippen LogP contribution in [0.25, 0.3) is 0 Å². The molecule has 4 rings (SSSR count). The SMILES string of the molecule is COc1ccc(C(F)(F)F)cc1NC(=O)Nc1ccc(Oc2cccc(C(=O)Nc3ccc(F)cc3)c2)cc1. The van der Waals surface area contributed by atoms with Gasteiger partial charge in [-0.15, -0.1) is 0 Å². The average molecular weight is 539 g/mol. The fourth-order valence-electron chi connectivity index (χ4n) is 3.45. The predicted molar refractivity (Wildman–Crippen MR) is 138 cm³/mol. The molecule has 0 bridgehead atoms. The molecule has 0 aliphatic carbocycles. The number of alkyl halides is 3. The van der Waals surface area contributed by atoms with Gasteiger partial charge in [-0.25, -0.2) is 9.18 Å². The van der Waals surface area contributed by atoms with Gasteiger partial charge in [0.1, 0.15) is 23.1 Å². The van der Waals surface area contributed by atoms with Crippen LogP contribution in [0.5, 0.6) is 17.2 Å². The van der Waals surface area contributed by atoms with Crippen LogP contribution >= 0.6 is 0 Å². The van der Waals surface area contributed by atoms with Crippen molar-refractivity contribution in [3.63, 3.8) is 0 Å². The van der Waals surface area contributed by atoms with Crippen LogP contribution in [0.2, 0.25) is 0 Å². The first-order valence-electron chi connectivity index (χ1n) is 11.4. The van der Waals surface area contributed by atoms with Crippen LogP contribution in [0.4, 0.5) is 39.4 Å². The van der Waals surface area contributed by atoms with Crippen molar-refractivity contribution in [2.45, 2.75) is 6.18 Å². The topological polar surface area (TPSA) is 88.7 Å². The van der Waals surface area contributed by atoms with Gasteiger partial charge in [0.25, 0.3) is 5.91 Å². The van der Waals surface area contributed by atoms with Crippen LogP contribution in [0.1, 0.15) is 15.9 Å². The molecule has 39 heavy (non-hydrogen) atoms. The van der Waals surface area contributed by atoms with Gasteiger partial charge in [-0.3, -0.25) is 4.79 Å². The van der Waals surface area contributed by atoms with Crippen LogP contribution < -0.4 is 25.4 Å². The Labute approximate surface area is 220 Å². The number of carbonyl (C=O) groups excluding carboxylic acids is 2. The standard InChI is InChI=1S/C28H21F4N3O4/c1-38-25-14-5-18(28(30,31)32)16-24(25)35-27(37)34-21-10-12-22(13-11-21)39-23-4-2-3-17(15-23)26(36)33-20-8-6-19(29)7-9-20/h2-16H,1H3,(H,33,36)(H2,34,35,37). The van der Waals surface area contributed by atoms with Gasteiger partial charge in [-0.1, -0.05) is 6.07 Å². The molecule has 7 nitrogen and oxygen atoms in total. The highest BCUT2D eigenvalue weighted by molar-refractivity contribution is 6.04. The number of urea groups is 1. The van der Waals surface area contributed by atoms with E-state index < -0.39 is 29.5 Å². The van der Waals surface area contributed by atoms with E-state index in [2.05, 4.69) is 16.0 Å². The number of ether oxygens (including phenoxy) is 2. The number of amides is 3. The molecule has 4 aromatic carbocycles. The van der Waals surface area contributed by atoms with Crippen molar-refractivity contribution in [2.24, 2.45) is 0 Å². The number of rotatable bonds is 7. The van der Waals surface area contributed by atoms with E-state index in [1.165, 1.54) is 49.6 Å². The average Bonchev–Trinajstić information content (AvgIpc) is 2.90. The second-order valence-corrected chi connectivity index (χ2v) is 8.11. The van der Waals surface area contributed by atoms with Gasteiger partial charge >= 0.3 is 12.2 Å². The molecule has 0 radical (unpaired) electrons. The third-order valence-electron chi connectivity index (χ3n) is 5.32. The summed E-state index contributed by atoms with van der Waals surface area (Å²) in [6.07, 6.45) is -4.58. The number of anilines is 3. The van der Waals surface area contributed by atoms with E-state index in [1.54, 1.807) is 30.3 Å². The summed E-state index contributed by atoms with van der Waals surface area (Å²) in [7, 11) is 1.28. The van der Waals surface area contributed by atoms with E-state index >= 15 is 0 Å². The zero-order valence-electron chi connectivity index (χ0n) is 20.3. The van der Waals surface area contributed by atoms with Crippen LogP contribution in [0.3, 0.4) is 0 Å². The summed E-state index contributed by atoms with van der Waals surface area (Å²) in [5, 5.41) is 7.54. The number of carbonyl (C=O) groups is 2. The van der Waals surface area contributed by atoms with Crippen LogP contribution in [-0.2, 0) is 6.18 Å². The smallest absolute Gasteiger partial charge is 0.416 e. The van der Waals surface area contributed by atoms with Crippen molar-refractivity contribution in [1.82, 2.24) is 0 Å². The Morgan fingerprint density at radius 2 is 1.41 bits per heavy atom. The van der Waals surface area contributed by atoms with Gasteiger partial charge in [0, 0.05) is 16.9 Å². The molecule has 0 unspecified atom stereocenters. The predicted octanol–water partition coefficient (Wildman–Crippen LogP) is 7.54. The Morgan fingerprint density at radius 3 is 2.08 bits per heavy atom. The first-order valence-corrected chi connectivity index (χ1v) is 11.4. The molecule has 3 N–H and O–H groups in total. The van der Waals surface area contributed by atoms with Crippen LogP contribution in [-0.4, -0.2) is 19.0 Å². The third kappa shape index (κ3) is 7.25. The molecular formula is C28H21F4N3O4. The highest BCUT2D eigenvalue weighted by Gasteiger charge is 2.31. The fourth-order valence-corrected chi connectivity index (χ4v) is 3.45. The fraction of sp³-hybridized carbons (Fsp3) is 0.0714. The molecule has 0 fully saturated rings. The van der Waals surface area contributed by atoms with E-state index in [0.29, 0.717) is 28.4 Å². The number of hydrogen-bond acceptors (Lipinski definition) is 4. The lowest BCUT2D eigenvalue weighted by atomic mass is 10.2. The van der Waals surface area contributed by atoms with Crippen LogP contribution in [0.15, 0.2) is 91.0 Å². The van der Waals surface area contributed by atoms with Crippen molar-refractivity contribution < 1.29 is 36.6 Å². The second-order valence-electron chi connectivity index (χ2n) is 8.11. The molecular weight excluding hydrogens is 518 g/mol. The van der Waals surface area contributed by atoms with Gasteiger partial charge in [0.15, 0.2) is 0 Å². The third-order valence-corrected chi connectivity index (χ3v) is 5.32. The molecule has 0 saturated heterocycles. The van der Waals surface area contributed by atoms with Crippen molar-refractivity contribution in [3.8, 4) is 17.2 Å². The molecule has 0 aliphatic rings. The van der Waals surface area contributed by atoms with Gasteiger partial charge in [0.05, 0.1) is 18.4 Å². The Morgan fingerprint density at radius 1 is 0.744 bits per heavy atom. The van der Waals surface area contributed by atoms with Gasteiger partial charge in [-0.05, 0) is 84.9 Å².